The molecule has 33 heavy (non-hydrogen) atoms. The molecule has 1 aliphatic carbocycles. The van der Waals surface area contributed by atoms with Crippen LogP contribution < -0.4 is 10.6 Å². The van der Waals surface area contributed by atoms with Crippen molar-refractivity contribution in [1.82, 2.24) is 4.67 Å². The number of hydrogen-bond donors (Lipinski definition) is 0. The fraction of sp³-hybridized carbons (Fsp3) is 0.310. The molecule has 1 fully saturated rings. The minimum Gasteiger partial charge on any atom is -0.472 e. The van der Waals surface area contributed by atoms with Crippen molar-refractivity contribution in [2.24, 2.45) is 0 Å². The first-order valence-electron chi connectivity index (χ1n) is 12.1. The molecule has 3 nitrogen and oxygen atoms in total. The molecule has 2 heterocycles. The van der Waals surface area contributed by atoms with Gasteiger partial charge < -0.3 is 8.83 Å². The molecule has 4 heteroatoms. The zero-order valence-electron chi connectivity index (χ0n) is 19.2. The molecule has 2 aromatic heterocycles. The van der Waals surface area contributed by atoms with E-state index in [9.17, 15) is 0 Å². The van der Waals surface area contributed by atoms with Gasteiger partial charge in [-0.1, -0.05) is 74.0 Å². The molecule has 0 unspecified atom stereocenters. The molecule has 0 spiro atoms. The minimum atomic E-state index is -0.751. The van der Waals surface area contributed by atoms with Crippen LogP contribution in [0.15, 0.2) is 107 Å². The van der Waals surface area contributed by atoms with Gasteiger partial charge in [-0.05, 0) is 42.5 Å². The smallest absolute Gasteiger partial charge is 0.0995 e. The van der Waals surface area contributed by atoms with Crippen molar-refractivity contribution in [2.45, 2.75) is 50.5 Å². The van der Waals surface area contributed by atoms with Gasteiger partial charge in [0.1, 0.15) is 0 Å². The third kappa shape index (κ3) is 4.71. The highest BCUT2D eigenvalue weighted by molar-refractivity contribution is 7.70. The zero-order valence-corrected chi connectivity index (χ0v) is 20.1. The van der Waals surface area contributed by atoms with Crippen LogP contribution in [-0.2, 0) is 0 Å². The molecule has 5 rings (SSSR count). The van der Waals surface area contributed by atoms with Gasteiger partial charge in [0.2, 0.25) is 0 Å². The molecular formula is C29H32NO2P. The maximum absolute atomic E-state index is 5.59. The predicted molar refractivity (Wildman–Crippen MR) is 137 cm³/mol. The van der Waals surface area contributed by atoms with Crippen LogP contribution in [0.25, 0.3) is 0 Å². The van der Waals surface area contributed by atoms with Crippen LogP contribution in [0.5, 0.6) is 0 Å². The maximum Gasteiger partial charge on any atom is 0.0995 e. The Balaban J connectivity index is 1.63. The molecule has 1 aliphatic rings. The van der Waals surface area contributed by atoms with E-state index in [2.05, 4.69) is 84.4 Å². The van der Waals surface area contributed by atoms with E-state index >= 15 is 0 Å². The van der Waals surface area contributed by atoms with E-state index in [0.717, 1.165) is 6.54 Å². The molecule has 1 saturated carbocycles. The summed E-state index contributed by atoms with van der Waals surface area (Å²) < 4.78 is 14.0. The molecule has 0 N–H and O–H groups in total. The SMILES string of the molecule is CCCCN(C1[C@@H](c2ccccc2)CC[C@@H]1c1ccccc1)P(c1ccoc1)c1ccoc1. The van der Waals surface area contributed by atoms with Gasteiger partial charge >= 0.3 is 0 Å². The van der Waals surface area contributed by atoms with Crippen molar-refractivity contribution in [3.63, 3.8) is 0 Å². The third-order valence-electron chi connectivity index (χ3n) is 6.91. The first kappa shape index (κ1) is 22.2. The first-order chi connectivity index (χ1) is 16.4. The second-order valence-corrected chi connectivity index (χ2v) is 11.1. The quantitative estimate of drug-likeness (QED) is 0.252. The monoisotopic (exact) mass is 457 g/mol. The van der Waals surface area contributed by atoms with Crippen LogP contribution in [0, 0.1) is 0 Å². The van der Waals surface area contributed by atoms with Crippen molar-refractivity contribution >= 4 is 18.7 Å². The van der Waals surface area contributed by atoms with Crippen LogP contribution in [0.1, 0.15) is 55.6 Å². The highest BCUT2D eigenvalue weighted by Crippen LogP contribution is 2.53. The van der Waals surface area contributed by atoms with Crippen LogP contribution in [0.2, 0.25) is 0 Å². The maximum atomic E-state index is 5.59. The van der Waals surface area contributed by atoms with E-state index < -0.39 is 8.07 Å². The summed E-state index contributed by atoms with van der Waals surface area (Å²) in [5.41, 5.74) is 2.91. The van der Waals surface area contributed by atoms with Gasteiger partial charge in [-0.3, -0.25) is 4.67 Å². The van der Waals surface area contributed by atoms with Gasteiger partial charge in [-0.25, -0.2) is 0 Å². The van der Waals surface area contributed by atoms with E-state index in [0.29, 0.717) is 17.9 Å². The van der Waals surface area contributed by atoms with Gasteiger partial charge in [0, 0.05) is 43.1 Å². The Morgan fingerprint density at radius 3 is 1.70 bits per heavy atom. The van der Waals surface area contributed by atoms with Gasteiger partial charge in [0.25, 0.3) is 0 Å². The lowest BCUT2D eigenvalue weighted by Crippen LogP contribution is -2.41. The number of hydrogen-bond acceptors (Lipinski definition) is 3. The minimum absolute atomic E-state index is 0.414. The second-order valence-electron chi connectivity index (χ2n) is 8.89. The Morgan fingerprint density at radius 1 is 0.758 bits per heavy atom. The number of furan rings is 2. The molecule has 4 aromatic rings. The lowest BCUT2D eigenvalue weighted by molar-refractivity contribution is 0.296. The van der Waals surface area contributed by atoms with Crippen LogP contribution in [0.3, 0.4) is 0 Å². The van der Waals surface area contributed by atoms with Gasteiger partial charge in [-0.15, -0.1) is 0 Å². The summed E-state index contributed by atoms with van der Waals surface area (Å²) in [5, 5.41) is 2.51. The van der Waals surface area contributed by atoms with E-state index in [-0.39, 0.29) is 0 Å². The van der Waals surface area contributed by atoms with Crippen LogP contribution in [0.4, 0.5) is 0 Å². The van der Waals surface area contributed by atoms with E-state index in [4.69, 9.17) is 8.83 Å². The van der Waals surface area contributed by atoms with Crippen LogP contribution in [-0.4, -0.2) is 17.3 Å². The Hall–Kier alpha value is -2.61. The number of rotatable bonds is 9. The van der Waals surface area contributed by atoms with Gasteiger partial charge in [0.15, 0.2) is 0 Å². The molecule has 170 valence electrons. The van der Waals surface area contributed by atoms with Gasteiger partial charge in [0.05, 0.1) is 25.1 Å². The van der Waals surface area contributed by atoms with Crippen molar-refractivity contribution in [2.75, 3.05) is 6.54 Å². The highest BCUT2D eigenvalue weighted by Gasteiger charge is 2.44. The number of unbranched alkanes of at least 4 members (excludes halogenated alkanes) is 1. The van der Waals surface area contributed by atoms with Gasteiger partial charge in [-0.2, -0.15) is 0 Å². The number of nitrogens with zero attached hydrogens (tertiary/aromatic N) is 1. The Morgan fingerprint density at radius 2 is 1.27 bits per heavy atom. The summed E-state index contributed by atoms with van der Waals surface area (Å²) >= 11 is 0. The largest absolute Gasteiger partial charge is 0.472 e. The standard InChI is InChI=1S/C29H32NO2P/c1-2-3-18-30(33(25-16-19-31-21-25)26-17-20-32-22-26)29-27(23-10-6-4-7-11-23)14-15-28(29)24-12-8-5-9-13-24/h4-13,16-17,19-22,27-29H,2-3,14-15,18H2,1H3/t27-,28-/m1/s1. The lowest BCUT2D eigenvalue weighted by atomic mass is 9.87. The normalized spacial score (nSPS) is 19.0. The predicted octanol–water partition coefficient (Wildman–Crippen LogP) is 7.05. The average molecular weight is 458 g/mol. The second kappa shape index (κ2) is 10.5. The van der Waals surface area contributed by atoms with E-state index in [1.165, 1.54) is 47.4 Å². The summed E-state index contributed by atoms with van der Waals surface area (Å²) in [7, 11) is -0.751. The summed E-state index contributed by atoms with van der Waals surface area (Å²) in [6, 6.07) is 27.0. The fourth-order valence-corrected chi connectivity index (χ4v) is 7.98. The Labute approximate surface area is 198 Å². The highest BCUT2D eigenvalue weighted by atomic mass is 31.1. The fourth-order valence-electron chi connectivity index (χ4n) is 5.43. The summed E-state index contributed by atoms with van der Waals surface area (Å²) in [4.78, 5) is 0. The molecule has 0 aliphatic heterocycles. The summed E-state index contributed by atoms with van der Waals surface area (Å²) in [6.07, 6.45) is 12.2. The average Bonchev–Trinajstić information content (AvgIpc) is 3.65. The van der Waals surface area contributed by atoms with E-state index in [1.54, 1.807) is 12.5 Å². The van der Waals surface area contributed by atoms with Crippen molar-refractivity contribution in [3.05, 3.63) is 109 Å². The summed E-state index contributed by atoms with van der Waals surface area (Å²) in [6.45, 7) is 3.35. The molecule has 0 bridgehead atoms. The van der Waals surface area contributed by atoms with Crippen molar-refractivity contribution in [3.8, 4) is 0 Å². The molecule has 0 saturated heterocycles. The molecule has 2 atom stereocenters. The molecule has 2 aromatic carbocycles. The Bertz CT molecular complexity index is 998. The summed E-state index contributed by atoms with van der Waals surface area (Å²) in [5.74, 6) is 0.995. The van der Waals surface area contributed by atoms with E-state index in [1.807, 2.05) is 12.5 Å². The van der Waals surface area contributed by atoms with Crippen molar-refractivity contribution in [1.29, 1.82) is 0 Å². The first-order valence-corrected chi connectivity index (χ1v) is 13.4. The Kier molecular flexibility index (Phi) is 7.09. The molecular weight excluding hydrogens is 425 g/mol. The topological polar surface area (TPSA) is 29.5 Å². The van der Waals surface area contributed by atoms with Crippen molar-refractivity contribution < 1.29 is 8.83 Å². The molecule has 0 radical (unpaired) electrons. The van der Waals surface area contributed by atoms with Crippen LogP contribution >= 0.6 is 8.07 Å². The number of benzene rings is 2. The zero-order chi connectivity index (χ0) is 22.5. The molecule has 0 amide bonds. The third-order valence-corrected chi connectivity index (χ3v) is 9.38. The lowest BCUT2D eigenvalue weighted by Gasteiger charge is -2.41.